The van der Waals surface area contributed by atoms with Crippen molar-refractivity contribution in [3.63, 3.8) is 0 Å². The molecule has 0 saturated carbocycles. The van der Waals surface area contributed by atoms with E-state index < -0.39 is 0 Å². The van der Waals surface area contributed by atoms with Gasteiger partial charge in [0.2, 0.25) is 11.8 Å². The van der Waals surface area contributed by atoms with Crippen molar-refractivity contribution in [3.05, 3.63) is 65.2 Å². The monoisotopic (exact) mass is 354 g/mol. The Bertz CT molecular complexity index is 759. The van der Waals surface area contributed by atoms with Gasteiger partial charge in [0, 0.05) is 26.1 Å². The van der Waals surface area contributed by atoms with Crippen LogP contribution in [0.1, 0.15) is 36.1 Å². The fraction of sp³-hybridized carbons (Fsp3) is 0.333. The SMILES string of the molecule is COc1ccc(C)cc1CN(C)C(=O)C[C@H](NC(C)=O)c1ccccc1. The number of rotatable bonds is 7. The van der Waals surface area contributed by atoms with E-state index in [1.807, 2.05) is 55.5 Å². The normalized spacial score (nSPS) is 11.5. The van der Waals surface area contributed by atoms with Gasteiger partial charge in [0.05, 0.1) is 19.6 Å². The van der Waals surface area contributed by atoms with Crippen LogP contribution >= 0.6 is 0 Å². The van der Waals surface area contributed by atoms with Gasteiger partial charge in [-0.3, -0.25) is 9.59 Å². The first kappa shape index (κ1) is 19.5. The molecule has 1 atom stereocenters. The van der Waals surface area contributed by atoms with Crippen LogP contribution in [0.2, 0.25) is 0 Å². The third-order valence-corrected chi connectivity index (χ3v) is 4.23. The van der Waals surface area contributed by atoms with Crippen LogP contribution in [0.5, 0.6) is 5.75 Å². The zero-order valence-electron chi connectivity index (χ0n) is 15.8. The first-order valence-electron chi connectivity index (χ1n) is 8.60. The number of ether oxygens (including phenoxy) is 1. The molecule has 2 aromatic rings. The third kappa shape index (κ3) is 5.34. The van der Waals surface area contributed by atoms with Gasteiger partial charge in [-0.05, 0) is 18.6 Å². The summed E-state index contributed by atoms with van der Waals surface area (Å²) in [5.41, 5.74) is 2.98. The molecule has 0 bridgehead atoms. The molecule has 0 aliphatic rings. The first-order valence-corrected chi connectivity index (χ1v) is 8.60. The molecule has 2 rings (SSSR count). The molecule has 0 fully saturated rings. The van der Waals surface area contributed by atoms with Crippen LogP contribution in [0.15, 0.2) is 48.5 Å². The number of amides is 2. The van der Waals surface area contributed by atoms with Crippen molar-refractivity contribution in [1.82, 2.24) is 10.2 Å². The third-order valence-electron chi connectivity index (χ3n) is 4.23. The standard InChI is InChI=1S/C21H26N2O3/c1-15-10-11-20(26-4)18(12-15)14-23(3)21(25)13-19(22-16(2)24)17-8-6-5-7-9-17/h5-12,19H,13-14H2,1-4H3,(H,22,24)/t19-/m0/s1. The number of carbonyl (C=O) groups excluding carboxylic acids is 2. The molecule has 2 amide bonds. The van der Waals surface area contributed by atoms with Gasteiger partial charge in [0.25, 0.3) is 0 Å². The summed E-state index contributed by atoms with van der Waals surface area (Å²) in [6.07, 6.45) is 0.203. The minimum Gasteiger partial charge on any atom is -0.496 e. The number of hydrogen-bond acceptors (Lipinski definition) is 3. The molecule has 0 heterocycles. The Labute approximate surface area is 155 Å². The Balaban J connectivity index is 2.11. The number of nitrogens with one attached hydrogen (secondary N) is 1. The van der Waals surface area contributed by atoms with Gasteiger partial charge in [-0.25, -0.2) is 0 Å². The maximum absolute atomic E-state index is 12.7. The second-order valence-corrected chi connectivity index (χ2v) is 6.43. The average molecular weight is 354 g/mol. The topological polar surface area (TPSA) is 58.6 Å². The van der Waals surface area contributed by atoms with Crippen LogP contribution in [-0.4, -0.2) is 30.9 Å². The highest BCUT2D eigenvalue weighted by Crippen LogP contribution is 2.23. The Kier molecular flexibility index (Phi) is 6.78. The predicted molar refractivity (Wildman–Crippen MR) is 102 cm³/mol. The van der Waals surface area contributed by atoms with Crippen molar-refractivity contribution < 1.29 is 14.3 Å². The minimum absolute atomic E-state index is 0.0452. The molecule has 0 saturated heterocycles. The van der Waals surface area contributed by atoms with E-state index >= 15 is 0 Å². The molecule has 0 aliphatic heterocycles. The second kappa shape index (κ2) is 9.04. The van der Waals surface area contributed by atoms with Crippen molar-refractivity contribution in [2.45, 2.75) is 32.9 Å². The Morgan fingerprint density at radius 1 is 1.15 bits per heavy atom. The Morgan fingerprint density at radius 2 is 1.85 bits per heavy atom. The number of benzene rings is 2. The smallest absolute Gasteiger partial charge is 0.225 e. The van der Waals surface area contributed by atoms with Gasteiger partial charge in [-0.15, -0.1) is 0 Å². The molecule has 0 aromatic heterocycles. The predicted octanol–water partition coefficient (Wildman–Crippen LogP) is 3.23. The van der Waals surface area contributed by atoms with Gasteiger partial charge in [-0.2, -0.15) is 0 Å². The Hall–Kier alpha value is -2.82. The fourth-order valence-electron chi connectivity index (χ4n) is 2.89. The van der Waals surface area contributed by atoms with Crippen LogP contribution in [-0.2, 0) is 16.1 Å². The van der Waals surface area contributed by atoms with Gasteiger partial charge in [0.1, 0.15) is 5.75 Å². The highest BCUT2D eigenvalue weighted by molar-refractivity contribution is 5.79. The molecule has 0 radical (unpaired) electrons. The molecular weight excluding hydrogens is 328 g/mol. The average Bonchev–Trinajstić information content (AvgIpc) is 2.61. The van der Waals surface area contributed by atoms with Crippen LogP contribution in [0.25, 0.3) is 0 Å². The molecule has 0 aliphatic carbocycles. The van der Waals surface area contributed by atoms with Crippen molar-refractivity contribution in [2.75, 3.05) is 14.2 Å². The van der Waals surface area contributed by atoms with E-state index in [1.54, 1.807) is 19.1 Å². The lowest BCUT2D eigenvalue weighted by molar-refractivity contribution is -0.131. The largest absolute Gasteiger partial charge is 0.496 e. The number of carbonyl (C=O) groups is 2. The van der Waals surface area contributed by atoms with Crippen LogP contribution in [0, 0.1) is 6.92 Å². The summed E-state index contributed by atoms with van der Waals surface area (Å²) in [5.74, 6) is 0.558. The summed E-state index contributed by atoms with van der Waals surface area (Å²) in [6, 6.07) is 15.1. The number of hydrogen-bond donors (Lipinski definition) is 1. The molecule has 0 unspecified atom stereocenters. The Morgan fingerprint density at radius 3 is 2.46 bits per heavy atom. The van der Waals surface area contributed by atoms with Crippen molar-refractivity contribution in [1.29, 1.82) is 0 Å². The lowest BCUT2D eigenvalue weighted by atomic mass is 10.0. The van der Waals surface area contributed by atoms with Gasteiger partial charge < -0.3 is 15.0 Å². The van der Waals surface area contributed by atoms with E-state index in [4.69, 9.17) is 4.74 Å². The summed E-state index contributed by atoms with van der Waals surface area (Å²) in [4.78, 5) is 25.9. The number of nitrogens with zero attached hydrogens (tertiary/aromatic N) is 1. The second-order valence-electron chi connectivity index (χ2n) is 6.43. The number of methoxy groups -OCH3 is 1. The summed E-state index contributed by atoms with van der Waals surface area (Å²) < 4.78 is 5.39. The molecule has 5 heteroatoms. The van der Waals surface area contributed by atoms with E-state index in [1.165, 1.54) is 6.92 Å². The molecule has 138 valence electrons. The summed E-state index contributed by atoms with van der Waals surface area (Å²) in [7, 11) is 3.39. The van der Waals surface area contributed by atoms with Crippen molar-refractivity contribution in [3.8, 4) is 5.75 Å². The van der Waals surface area contributed by atoms with E-state index in [-0.39, 0.29) is 24.3 Å². The zero-order valence-corrected chi connectivity index (χ0v) is 15.8. The van der Waals surface area contributed by atoms with E-state index in [0.29, 0.717) is 6.54 Å². The number of aryl methyl sites for hydroxylation is 1. The summed E-state index contributed by atoms with van der Waals surface area (Å²) >= 11 is 0. The van der Waals surface area contributed by atoms with E-state index in [2.05, 4.69) is 5.32 Å². The first-order chi connectivity index (χ1) is 12.4. The van der Waals surface area contributed by atoms with Crippen LogP contribution in [0.3, 0.4) is 0 Å². The van der Waals surface area contributed by atoms with Gasteiger partial charge in [0.15, 0.2) is 0 Å². The van der Waals surface area contributed by atoms with E-state index in [9.17, 15) is 9.59 Å². The lowest BCUT2D eigenvalue weighted by Crippen LogP contribution is -2.33. The quantitative estimate of drug-likeness (QED) is 0.830. The summed E-state index contributed by atoms with van der Waals surface area (Å²) in [6.45, 7) is 3.92. The van der Waals surface area contributed by atoms with Crippen molar-refractivity contribution >= 4 is 11.8 Å². The highest BCUT2D eigenvalue weighted by atomic mass is 16.5. The highest BCUT2D eigenvalue weighted by Gasteiger charge is 2.20. The summed E-state index contributed by atoms with van der Waals surface area (Å²) in [5, 5.41) is 2.87. The maximum atomic E-state index is 12.7. The van der Waals surface area contributed by atoms with Gasteiger partial charge in [-0.1, -0.05) is 48.0 Å². The fourth-order valence-corrected chi connectivity index (χ4v) is 2.89. The maximum Gasteiger partial charge on any atom is 0.225 e. The molecule has 0 spiro atoms. The minimum atomic E-state index is -0.344. The molecule has 2 aromatic carbocycles. The van der Waals surface area contributed by atoms with Gasteiger partial charge >= 0.3 is 0 Å². The lowest BCUT2D eigenvalue weighted by Gasteiger charge is -2.23. The van der Waals surface area contributed by atoms with Crippen LogP contribution < -0.4 is 10.1 Å². The molecule has 5 nitrogen and oxygen atoms in total. The molecule has 26 heavy (non-hydrogen) atoms. The van der Waals surface area contributed by atoms with Crippen LogP contribution in [0.4, 0.5) is 0 Å². The molecular formula is C21H26N2O3. The zero-order chi connectivity index (χ0) is 19.1. The van der Waals surface area contributed by atoms with E-state index in [0.717, 1.165) is 22.4 Å². The molecule has 1 N–H and O–H groups in total. The van der Waals surface area contributed by atoms with Crippen molar-refractivity contribution in [2.24, 2.45) is 0 Å².